The van der Waals surface area contributed by atoms with Crippen molar-refractivity contribution >= 4 is 11.5 Å². The van der Waals surface area contributed by atoms with E-state index in [1.807, 2.05) is 59.5 Å². The molecule has 4 heterocycles. The fraction of sp³-hybridized carbons (Fsp3) is 0.273. The number of rotatable bonds is 5. The van der Waals surface area contributed by atoms with E-state index in [1.54, 1.807) is 0 Å². The Morgan fingerprint density at radius 3 is 2.89 bits per heavy atom. The fourth-order valence-electron chi connectivity index (χ4n) is 4.07. The second kappa shape index (κ2) is 7.13. The predicted molar refractivity (Wildman–Crippen MR) is 110 cm³/mol. The summed E-state index contributed by atoms with van der Waals surface area (Å²) in [5.74, 6) is 0.914. The SMILES string of the molecule is OCc1cc2ncc(-c3cccc(NC4CCCC4)n3)n2cc1-c1cc[nH]c1. The lowest BCUT2D eigenvalue weighted by molar-refractivity contribution is 0.282. The van der Waals surface area contributed by atoms with Gasteiger partial charge in [0.25, 0.3) is 0 Å². The van der Waals surface area contributed by atoms with Gasteiger partial charge in [0.2, 0.25) is 0 Å². The summed E-state index contributed by atoms with van der Waals surface area (Å²) in [6.07, 6.45) is 12.7. The molecule has 0 unspecified atom stereocenters. The van der Waals surface area contributed by atoms with Crippen LogP contribution in [0.2, 0.25) is 0 Å². The molecule has 0 saturated heterocycles. The normalized spacial score (nSPS) is 14.8. The van der Waals surface area contributed by atoms with Crippen molar-refractivity contribution in [1.29, 1.82) is 0 Å². The van der Waals surface area contributed by atoms with Gasteiger partial charge in [0.15, 0.2) is 0 Å². The maximum Gasteiger partial charge on any atom is 0.137 e. The first-order valence-electron chi connectivity index (χ1n) is 9.80. The average molecular weight is 373 g/mol. The summed E-state index contributed by atoms with van der Waals surface area (Å²) in [5, 5.41) is 13.4. The van der Waals surface area contributed by atoms with Gasteiger partial charge in [0, 0.05) is 35.8 Å². The third-order valence-electron chi connectivity index (χ3n) is 5.53. The molecule has 1 aliphatic rings. The summed E-state index contributed by atoms with van der Waals surface area (Å²) < 4.78 is 2.04. The monoisotopic (exact) mass is 373 g/mol. The Morgan fingerprint density at radius 2 is 2.11 bits per heavy atom. The summed E-state index contributed by atoms with van der Waals surface area (Å²) >= 11 is 0. The summed E-state index contributed by atoms with van der Waals surface area (Å²) in [4.78, 5) is 12.5. The van der Waals surface area contributed by atoms with Gasteiger partial charge in [0.1, 0.15) is 11.5 Å². The smallest absolute Gasteiger partial charge is 0.137 e. The fourth-order valence-corrected chi connectivity index (χ4v) is 4.07. The number of pyridine rings is 2. The standard InChI is InChI=1S/C22H23N5O/c28-14-16-10-22-24-12-20(27(22)13-18(16)15-8-9-23-11-15)19-6-3-7-21(26-19)25-17-4-1-2-5-17/h3,6-13,17,23,28H,1-2,4-5,14H2,(H,25,26). The minimum absolute atomic E-state index is 0.0295. The highest BCUT2D eigenvalue weighted by atomic mass is 16.3. The zero-order chi connectivity index (χ0) is 18.9. The number of H-pyrrole nitrogens is 1. The molecule has 0 amide bonds. The molecule has 4 aromatic heterocycles. The Morgan fingerprint density at radius 1 is 1.21 bits per heavy atom. The lowest BCUT2D eigenvalue weighted by Crippen LogP contribution is -2.15. The van der Waals surface area contributed by atoms with Gasteiger partial charge in [-0.15, -0.1) is 0 Å². The van der Waals surface area contributed by atoms with Crippen LogP contribution in [0.4, 0.5) is 5.82 Å². The van der Waals surface area contributed by atoms with E-state index in [9.17, 15) is 5.11 Å². The summed E-state index contributed by atoms with van der Waals surface area (Å²) in [5.41, 5.74) is 5.49. The summed E-state index contributed by atoms with van der Waals surface area (Å²) in [6, 6.07) is 10.5. The number of hydrogen-bond acceptors (Lipinski definition) is 4. The molecule has 1 fully saturated rings. The molecule has 28 heavy (non-hydrogen) atoms. The Bertz CT molecular complexity index is 1090. The lowest BCUT2D eigenvalue weighted by Gasteiger charge is -2.13. The Labute approximate surface area is 163 Å². The first kappa shape index (κ1) is 17.0. The molecule has 1 aliphatic carbocycles. The first-order valence-corrected chi connectivity index (χ1v) is 9.80. The van der Waals surface area contributed by atoms with Gasteiger partial charge in [0.05, 0.1) is 24.2 Å². The molecule has 142 valence electrons. The van der Waals surface area contributed by atoms with Crippen LogP contribution >= 0.6 is 0 Å². The van der Waals surface area contributed by atoms with Gasteiger partial charge in [-0.1, -0.05) is 18.9 Å². The number of anilines is 1. The molecule has 0 aliphatic heterocycles. The van der Waals surface area contributed by atoms with Crippen molar-refractivity contribution in [2.45, 2.75) is 38.3 Å². The van der Waals surface area contributed by atoms with Crippen LogP contribution in [-0.2, 0) is 6.61 Å². The average Bonchev–Trinajstić information content (AvgIpc) is 3.48. The number of imidazole rings is 1. The Hall–Kier alpha value is -3.12. The maximum atomic E-state index is 9.80. The maximum absolute atomic E-state index is 9.80. The van der Waals surface area contributed by atoms with Crippen molar-refractivity contribution in [3.63, 3.8) is 0 Å². The van der Waals surface area contributed by atoms with Crippen LogP contribution in [-0.4, -0.2) is 30.5 Å². The highest BCUT2D eigenvalue weighted by molar-refractivity contribution is 5.71. The van der Waals surface area contributed by atoms with Crippen LogP contribution in [0, 0.1) is 0 Å². The minimum atomic E-state index is -0.0295. The van der Waals surface area contributed by atoms with Crippen LogP contribution in [0.5, 0.6) is 0 Å². The molecular weight excluding hydrogens is 350 g/mol. The highest BCUT2D eigenvalue weighted by Gasteiger charge is 2.16. The van der Waals surface area contributed by atoms with Crippen molar-refractivity contribution < 1.29 is 5.11 Å². The largest absolute Gasteiger partial charge is 0.392 e. The number of aliphatic hydroxyl groups is 1. The molecule has 0 aromatic carbocycles. The van der Waals surface area contributed by atoms with Crippen LogP contribution in [0.1, 0.15) is 31.2 Å². The Balaban J connectivity index is 1.57. The van der Waals surface area contributed by atoms with E-state index in [2.05, 4.69) is 15.3 Å². The summed E-state index contributed by atoms with van der Waals surface area (Å²) in [7, 11) is 0. The molecule has 4 aromatic rings. The molecule has 0 atom stereocenters. The second-order valence-electron chi connectivity index (χ2n) is 7.38. The molecule has 0 spiro atoms. The minimum Gasteiger partial charge on any atom is -0.392 e. The van der Waals surface area contributed by atoms with Crippen LogP contribution in [0.25, 0.3) is 28.2 Å². The topological polar surface area (TPSA) is 78.2 Å². The van der Waals surface area contributed by atoms with E-state index in [4.69, 9.17) is 4.98 Å². The molecule has 6 nitrogen and oxygen atoms in total. The van der Waals surface area contributed by atoms with Crippen molar-refractivity contribution in [3.8, 4) is 22.5 Å². The molecular formula is C22H23N5O. The highest BCUT2D eigenvalue weighted by Crippen LogP contribution is 2.29. The third kappa shape index (κ3) is 3.05. The molecule has 1 saturated carbocycles. The van der Waals surface area contributed by atoms with Crippen molar-refractivity contribution in [2.75, 3.05) is 5.32 Å². The number of hydrogen-bond donors (Lipinski definition) is 3. The van der Waals surface area contributed by atoms with Crippen LogP contribution < -0.4 is 5.32 Å². The zero-order valence-corrected chi connectivity index (χ0v) is 15.6. The number of aliphatic hydroxyl groups excluding tert-OH is 1. The number of aromatic nitrogens is 4. The predicted octanol–water partition coefficient (Wildman–Crippen LogP) is 4.24. The van der Waals surface area contributed by atoms with Crippen LogP contribution in [0.15, 0.2) is 55.1 Å². The van der Waals surface area contributed by atoms with E-state index in [-0.39, 0.29) is 6.61 Å². The van der Waals surface area contributed by atoms with E-state index in [0.29, 0.717) is 6.04 Å². The number of nitrogens with one attached hydrogen (secondary N) is 2. The van der Waals surface area contributed by atoms with Gasteiger partial charge in [-0.3, -0.25) is 4.40 Å². The van der Waals surface area contributed by atoms with Gasteiger partial charge < -0.3 is 15.4 Å². The quantitative estimate of drug-likeness (QED) is 0.489. The van der Waals surface area contributed by atoms with Gasteiger partial charge in [-0.2, -0.15) is 0 Å². The van der Waals surface area contributed by atoms with Crippen molar-refractivity contribution in [3.05, 3.63) is 60.7 Å². The van der Waals surface area contributed by atoms with Gasteiger partial charge in [-0.25, -0.2) is 9.97 Å². The molecule has 6 heteroatoms. The van der Waals surface area contributed by atoms with Crippen molar-refractivity contribution in [1.82, 2.24) is 19.4 Å². The van der Waals surface area contributed by atoms with E-state index in [1.165, 1.54) is 25.7 Å². The molecule has 0 bridgehead atoms. The molecule has 3 N–H and O–H groups in total. The number of fused-ring (bicyclic) bond motifs is 1. The third-order valence-corrected chi connectivity index (χ3v) is 5.53. The van der Waals surface area contributed by atoms with Gasteiger partial charge in [-0.05, 0) is 42.7 Å². The number of aromatic amines is 1. The number of nitrogens with zero attached hydrogens (tertiary/aromatic N) is 3. The van der Waals surface area contributed by atoms with E-state index in [0.717, 1.165) is 39.5 Å². The zero-order valence-electron chi connectivity index (χ0n) is 15.6. The first-order chi connectivity index (χ1) is 13.8. The van der Waals surface area contributed by atoms with Gasteiger partial charge >= 0.3 is 0 Å². The Kier molecular flexibility index (Phi) is 4.33. The van der Waals surface area contributed by atoms with E-state index < -0.39 is 0 Å². The second-order valence-corrected chi connectivity index (χ2v) is 7.38. The van der Waals surface area contributed by atoms with Crippen LogP contribution in [0.3, 0.4) is 0 Å². The summed E-state index contributed by atoms with van der Waals surface area (Å²) in [6.45, 7) is -0.0295. The molecule has 5 rings (SSSR count). The lowest BCUT2D eigenvalue weighted by atomic mass is 10.1. The van der Waals surface area contributed by atoms with E-state index >= 15 is 0 Å². The molecule has 0 radical (unpaired) electrons. The van der Waals surface area contributed by atoms with Crippen molar-refractivity contribution in [2.24, 2.45) is 0 Å².